The van der Waals surface area contributed by atoms with Crippen LogP contribution in [-0.4, -0.2) is 38.3 Å². The fraction of sp³-hybridized carbons (Fsp3) is 0.538. The first kappa shape index (κ1) is 14.5. The van der Waals surface area contributed by atoms with E-state index in [1.807, 2.05) is 25.1 Å². The predicted octanol–water partition coefficient (Wildman–Crippen LogP) is 2.31. The van der Waals surface area contributed by atoms with Gasteiger partial charge in [-0.1, -0.05) is 23.7 Å². The van der Waals surface area contributed by atoms with Crippen LogP contribution in [0.15, 0.2) is 24.3 Å². The molecule has 0 radical (unpaired) electrons. The first-order chi connectivity index (χ1) is 8.19. The standard InChI is InChI=1S/C13H21ClN2O/c1-3-17-8-7-16(2)13(10-15)11-5-4-6-12(14)9-11/h4-6,9,13H,3,7-8,10,15H2,1-2H3. The predicted molar refractivity (Wildman–Crippen MR) is 72.4 cm³/mol. The van der Waals surface area contributed by atoms with Crippen molar-refractivity contribution in [2.45, 2.75) is 13.0 Å². The molecule has 17 heavy (non-hydrogen) atoms. The Labute approximate surface area is 109 Å². The highest BCUT2D eigenvalue weighted by Gasteiger charge is 2.15. The number of nitrogens with zero attached hydrogens (tertiary/aromatic N) is 1. The van der Waals surface area contributed by atoms with Gasteiger partial charge in [0.1, 0.15) is 0 Å². The molecule has 0 fully saturated rings. The third-order valence-electron chi connectivity index (χ3n) is 2.78. The number of hydrogen-bond acceptors (Lipinski definition) is 3. The summed E-state index contributed by atoms with van der Waals surface area (Å²) in [6.07, 6.45) is 0. The highest BCUT2D eigenvalue weighted by atomic mass is 35.5. The van der Waals surface area contributed by atoms with Crippen LogP contribution in [0.4, 0.5) is 0 Å². The minimum Gasteiger partial charge on any atom is -0.380 e. The van der Waals surface area contributed by atoms with Gasteiger partial charge in [-0.05, 0) is 31.7 Å². The molecule has 0 saturated heterocycles. The molecule has 0 amide bonds. The number of ether oxygens (including phenoxy) is 1. The maximum atomic E-state index is 5.99. The Bertz CT molecular complexity index is 333. The molecule has 0 aliphatic rings. The molecule has 0 aromatic heterocycles. The summed E-state index contributed by atoms with van der Waals surface area (Å²) in [5, 5.41) is 0.749. The van der Waals surface area contributed by atoms with Crippen molar-refractivity contribution in [1.29, 1.82) is 0 Å². The Morgan fingerprint density at radius 1 is 1.47 bits per heavy atom. The Hall–Kier alpha value is -0.610. The fourth-order valence-corrected chi connectivity index (χ4v) is 1.99. The van der Waals surface area contributed by atoms with E-state index in [4.69, 9.17) is 22.1 Å². The van der Waals surface area contributed by atoms with E-state index in [0.29, 0.717) is 6.54 Å². The van der Waals surface area contributed by atoms with Crippen LogP contribution in [0, 0.1) is 0 Å². The van der Waals surface area contributed by atoms with Gasteiger partial charge >= 0.3 is 0 Å². The summed E-state index contributed by atoms with van der Waals surface area (Å²) < 4.78 is 5.35. The molecular formula is C13H21ClN2O. The van der Waals surface area contributed by atoms with Crippen LogP contribution in [0.1, 0.15) is 18.5 Å². The minimum absolute atomic E-state index is 0.189. The summed E-state index contributed by atoms with van der Waals surface area (Å²) in [5.74, 6) is 0. The molecule has 1 aromatic rings. The Kier molecular flexibility index (Phi) is 6.52. The van der Waals surface area contributed by atoms with Gasteiger partial charge in [-0.2, -0.15) is 0 Å². The van der Waals surface area contributed by atoms with Gasteiger partial charge in [-0.15, -0.1) is 0 Å². The molecule has 1 rings (SSSR count). The second-order valence-corrected chi connectivity index (χ2v) is 4.42. The zero-order valence-corrected chi connectivity index (χ0v) is 11.3. The van der Waals surface area contributed by atoms with Gasteiger partial charge in [0, 0.05) is 30.8 Å². The quantitative estimate of drug-likeness (QED) is 0.761. The molecule has 4 heteroatoms. The van der Waals surface area contributed by atoms with E-state index in [1.165, 1.54) is 0 Å². The lowest BCUT2D eigenvalue weighted by molar-refractivity contribution is 0.108. The van der Waals surface area contributed by atoms with Crippen LogP contribution in [0.5, 0.6) is 0 Å². The van der Waals surface area contributed by atoms with Gasteiger partial charge in [0.15, 0.2) is 0 Å². The minimum atomic E-state index is 0.189. The monoisotopic (exact) mass is 256 g/mol. The van der Waals surface area contributed by atoms with Crippen LogP contribution in [-0.2, 0) is 4.74 Å². The van der Waals surface area contributed by atoms with Crippen molar-refractivity contribution in [1.82, 2.24) is 4.90 Å². The zero-order valence-electron chi connectivity index (χ0n) is 10.5. The Balaban J connectivity index is 2.63. The van der Waals surface area contributed by atoms with Gasteiger partial charge in [0.05, 0.1) is 6.61 Å². The van der Waals surface area contributed by atoms with Crippen LogP contribution in [0.25, 0.3) is 0 Å². The smallest absolute Gasteiger partial charge is 0.0593 e. The second kappa shape index (κ2) is 7.67. The van der Waals surface area contributed by atoms with Crippen molar-refractivity contribution in [2.75, 3.05) is 33.4 Å². The van der Waals surface area contributed by atoms with E-state index >= 15 is 0 Å². The summed E-state index contributed by atoms with van der Waals surface area (Å²) in [6.45, 7) is 4.91. The van der Waals surface area contributed by atoms with Crippen molar-refractivity contribution in [3.05, 3.63) is 34.9 Å². The molecule has 0 saturated carbocycles. The van der Waals surface area contributed by atoms with Crippen LogP contribution < -0.4 is 5.73 Å². The lowest BCUT2D eigenvalue weighted by Crippen LogP contribution is -2.33. The van der Waals surface area contributed by atoms with Gasteiger partial charge in [0.2, 0.25) is 0 Å². The molecule has 0 aliphatic heterocycles. The summed E-state index contributed by atoms with van der Waals surface area (Å²) in [7, 11) is 2.05. The average molecular weight is 257 g/mol. The number of rotatable bonds is 7. The third-order valence-corrected chi connectivity index (χ3v) is 3.02. The molecule has 1 atom stereocenters. The first-order valence-corrected chi connectivity index (χ1v) is 6.30. The van der Waals surface area contributed by atoms with Crippen molar-refractivity contribution < 1.29 is 4.74 Å². The third kappa shape index (κ3) is 4.64. The van der Waals surface area contributed by atoms with Crippen LogP contribution >= 0.6 is 11.6 Å². The fourth-order valence-electron chi connectivity index (χ4n) is 1.79. The molecule has 0 bridgehead atoms. The molecule has 1 aromatic carbocycles. The maximum absolute atomic E-state index is 5.99. The highest BCUT2D eigenvalue weighted by Crippen LogP contribution is 2.21. The highest BCUT2D eigenvalue weighted by molar-refractivity contribution is 6.30. The summed E-state index contributed by atoms with van der Waals surface area (Å²) in [6, 6.07) is 8.04. The number of hydrogen-bond donors (Lipinski definition) is 1. The Morgan fingerprint density at radius 3 is 2.82 bits per heavy atom. The first-order valence-electron chi connectivity index (χ1n) is 5.92. The van der Waals surface area contributed by atoms with E-state index in [0.717, 1.165) is 30.3 Å². The van der Waals surface area contributed by atoms with Crippen LogP contribution in [0.3, 0.4) is 0 Å². The van der Waals surface area contributed by atoms with Crippen molar-refractivity contribution in [3.63, 3.8) is 0 Å². The molecule has 96 valence electrons. The zero-order chi connectivity index (χ0) is 12.7. The largest absolute Gasteiger partial charge is 0.380 e. The number of benzene rings is 1. The van der Waals surface area contributed by atoms with E-state index in [2.05, 4.69) is 18.0 Å². The lowest BCUT2D eigenvalue weighted by Gasteiger charge is -2.27. The van der Waals surface area contributed by atoms with Gasteiger partial charge < -0.3 is 10.5 Å². The molecule has 0 heterocycles. The normalized spacial score (nSPS) is 13.0. The summed E-state index contributed by atoms with van der Waals surface area (Å²) >= 11 is 5.99. The number of halogens is 1. The maximum Gasteiger partial charge on any atom is 0.0593 e. The topological polar surface area (TPSA) is 38.5 Å². The van der Waals surface area contributed by atoms with E-state index in [-0.39, 0.29) is 6.04 Å². The lowest BCUT2D eigenvalue weighted by atomic mass is 10.1. The van der Waals surface area contributed by atoms with E-state index < -0.39 is 0 Å². The molecule has 0 aliphatic carbocycles. The molecule has 1 unspecified atom stereocenters. The molecule has 0 spiro atoms. The second-order valence-electron chi connectivity index (χ2n) is 3.98. The van der Waals surface area contributed by atoms with Gasteiger partial charge in [-0.25, -0.2) is 0 Å². The van der Waals surface area contributed by atoms with Crippen molar-refractivity contribution in [2.24, 2.45) is 5.73 Å². The molecule has 3 nitrogen and oxygen atoms in total. The molecular weight excluding hydrogens is 236 g/mol. The van der Waals surface area contributed by atoms with Crippen LogP contribution in [0.2, 0.25) is 5.02 Å². The summed E-state index contributed by atoms with van der Waals surface area (Å²) in [5.41, 5.74) is 6.99. The van der Waals surface area contributed by atoms with Gasteiger partial charge in [0.25, 0.3) is 0 Å². The van der Waals surface area contributed by atoms with E-state index in [1.54, 1.807) is 0 Å². The molecule has 2 N–H and O–H groups in total. The average Bonchev–Trinajstić information content (AvgIpc) is 2.30. The van der Waals surface area contributed by atoms with Gasteiger partial charge in [-0.3, -0.25) is 4.90 Å². The summed E-state index contributed by atoms with van der Waals surface area (Å²) in [4.78, 5) is 2.20. The van der Waals surface area contributed by atoms with E-state index in [9.17, 15) is 0 Å². The Morgan fingerprint density at radius 2 is 2.24 bits per heavy atom. The number of likely N-dealkylation sites (N-methyl/N-ethyl adjacent to an activating group) is 1. The SMILES string of the molecule is CCOCCN(C)C(CN)c1cccc(Cl)c1. The number of nitrogens with two attached hydrogens (primary N) is 1. The van der Waals surface area contributed by atoms with Crippen molar-refractivity contribution in [3.8, 4) is 0 Å². The van der Waals surface area contributed by atoms with Crippen molar-refractivity contribution >= 4 is 11.6 Å².